The molecular weight excluding hydrogens is 384 g/mol. The maximum absolute atomic E-state index is 13.1. The van der Waals surface area contributed by atoms with E-state index in [2.05, 4.69) is 24.1 Å². The molecule has 2 aromatic carbocycles. The van der Waals surface area contributed by atoms with E-state index < -0.39 is 0 Å². The fourth-order valence-corrected chi connectivity index (χ4v) is 4.24. The van der Waals surface area contributed by atoms with Gasteiger partial charge < -0.3 is 10.2 Å². The highest BCUT2D eigenvalue weighted by molar-refractivity contribution is 5.94. The van der Waals surface area contributed by atoms with Crippen molar-refractivity contribution in [2.24, 2.45) is 0 Å². The molecule has 1 saturated heterocycles. The Bertz CT molecular complexity index is 994. The Morgan fingerprint density at radius 3 is 2.61 bits per heavy atom. The van der Waals surface area contributed by atoms with E-state index in [1.165, 1.54) is 31.4 Å². The Balaban J connectivity index is 1.48. The number of hydrogen-bond acceptors (Lipinski definition) is 3. The minimum absolute atomic E-state index is 0.0815. The van der Waals surface area contributed by atoms with Gasteiger partial charge in [0.25, 0.3) is 5.91 Å². The fraction of sp³-hybridized carbons (Fsp3) is 0.385. The number of nitrogens with one attached hydrogen (secondary N) is 1. The van der Waals surface area contributed by atoms with Gasteiger partial charge in [0, 0.05) is 24.7 Å². The lowest BCUT2D eigenvalue weighted by Gasteiger charge is -2.33. The number of carbonyl (C=O) groups is 1. The summed E-state index contributed by atoms with van der Waals surface area (Å²) in [5.41, 5.74) is 4.43. The molecule has 0 bridgehead atoms. The summed E-state index contributed by atoms with van der Waals surface area (Å²) >= 11 is 0. The van der Waals surface area contributed by atoms with Crippen molar-refractivity contribution in [2.45, 2.75) is 45.6 Å². The van der Waals surface area contributed by atoms with Crippen molar-refractivity contribution in [3.63, 3.8) is 0 Å². The first-order valence-corrected chi connectivity index (χ1v) is 11.4. The van der Waals surface area contributed by atoms with E-state index in [4.69, 9.17) is 5.10 Å². The van der Waals surface area contributed by atoms with Gasteiger partial charge in [-0.15, -0.1) is 0 Å². The number of carbonyl (C=O) groups excluding carboxylic acids is 1. The van der Waals surface area contributed by atoms with Gasteiger partial charge in [0.1, 0.15) is 5.69 Å². The second kappa shape index (κ2) is 9.92. The summed E-state index contributed by atoms with van der Waals surface area (Å²) in [6.45, 7) is 7.24. The van der Waals surface area contributed by atoms with E-state index >= 15 is 0 Å². The average molecular weight is 417 g/mol. The molecule has 1 aliphatic heterocycles. The molecule has 1 atom stereocenters. The molecule has 5 heteroatoms. The third-order valence-corrected chi connectivity index (χ3v) is 6.14. The minimum atomic E-state index is -0.0815. The molecule has 0 spiro atoms. The first-order valence-electron chi connectivity index (χ1n) is 11.4. The molecule has 1 N–H and O–H groups in total. The van der Waals surface area contributed by atoms with Crippen molar-refractivity contribution in [2.75, 3.05) is 19.6 Å². The Labute approximate surface area is 185 Å². The van der Waals surface area contributed by atoms with Crippen LogP contribution in [0.3, 0.4) is 0 Å². The molecule has 0 radical (unpaired) electrons. The molecule has 1 amide bonds. The SMILES string of the molecule is Cc1ccc(-n2nc(-c3ccccc3)cc2C(=O)NCCCN2CCCCC2C)cc1. The van der Waals surface area contributed by atoms with Gasteiger partial charge >= 0.3 is 0 Å². The summed E-state index contributed by atoms with van der Waals surface area (Å²) in [7, 11) is 0. The summed E-state index contributed by atoms with van der Waals surface area (Å²) in [6, 6.07) is 20.6. The van der Waals surface area contributed by atoms with Crippen LogP contribution in [0.1, 0.15) is 48.7 Å². The maximum atomic E-state index is 13.1. The molecule has 31 heavy (non-hydrogen) atoms. The highest BCUT2D eigenvalue weighted by Gasteiger charge is 2.19. The highest BCUT2D eigenvalue weighted by Crippen LogP contribution is 2.22. The monoisotopic (exact) mass is 416 g/mol. The van der Waals surface area contributed by atoms with Gasteiger partial charge in [-0.3, -0.25) is 4.79 Å². The lowest BCUT2D eigenvalue weighted by Crippen LogP contribution is -2.39. The molecule has 3 aromatic rings. The molecule has 162 valence electrons. The Morgan fingerprint density at radius 2 is 1.87 bits per heavy atom. The van der Waals surface area contributed by atoms with Gasteiger partial charge in [-0.1, -0.05) is 54.4 Å². The van der Waals surface area contributed by atoms with E-state index in [9.17, 15) is 4.79 Å². The van der Waals surface area contributed by atoms with E-state index in [0.717, 1.165) is 29.9 Å². The zero-order chi connectivity index (χ0) is 21.6. The van der Waals surface area contributed by atoms with Crippen LogP contribution in [0.2, 0.25) is 0 Å². The summed E-state index contributed by atoms with van der Waals surface area (Å²) in [5.74, 6) is -0.0815. The zero-order valence-corrected chi connectivity index (χ0v) is 18.6. The van der Waals surface area contributed by atoms with E-state index in [-0.39, 0.29) is 5.91 Å². The number of hydrogen-bond donors (Lipinski definition) is 1. The Morgan fingerprint density at radius 1 is 1.10 bits per heavy atom. The van der Waals surface area contributed by atoms with Crippen LogP contribution in [-0.2, 0) is 0 Å². The Hall–Kier alpha value is -2.92. The lowest BCUT2D eigenvalue weighted by atomic mass is 10.0. The average Bonchev–Trinajstić information content (AvgIpc) is 3.24. The minimum Gasteiger partial charge on any atom is -0.351 e. The number of benzene rings is 2. The van der Waals surface area contributed by atoms with E-state index in [1.807, 2.05) is 60.7 Å². The number of piperidine rings is 1. The van der Waals surface area contributed by atoms with Crippen molar-refractivity contribution in [1.82, 2.24) is 20.0 Å². The Kier molecular flexibility index (Phi) is 6.82. The number of aryl methyl sites for hydroxylation is 1. The van der Waals surface area contributed by atoms with Crippen LogP contribution in [0.4, 0.5) is 0 Å². The molecular formula is C26H32N4O. The molecule has 0 aliphatic carbocycles. The largest absolute Gasteiger partial charge is 0.351 e. The van der Waals surface area contributed by atoms with Crippen LogP contribution in [0.5, 0.6) is 0 Å². The second-order valence-electron chi connectivity index (χ2n) is 8.52. The molecule has 0 saturated carbocycles. The van der Waals surface area contributed by atoms with Gasteiger partial charge in [-0.05, 0) is 57.9 Å². The molecule has 5 nitrogen and oxygen atoms in total. The van der Waals surface area contributed by atoms with Gasteiger partial charge in [-0.25, -0.2) is 4.68 Å². The van der Waals surface area contributed by atoms with Crippen LogP contribution in [-0.4, -0.2) is 46.3 Å². The van der Waals surface area contributed by atoms with Gasteiger partial charge in [0.05, 0.1) is 11.4 Å². The number of nitrogens with zero attached hydrogens (tertiary/aromatic N) is 3. The highest BCUT2D eigenvalue weighted by atomic mass is 16.2. The van der Waals surface area contributed by atoms with Crippen LogP contribution >= 0.6 is 0 Å². The number of likely N-dealkylation sites (tertiary alicyclic amines) is 1. The van der Waals surface area contributed by atoms with E-state index in [1.54, 1.807) is 4.68 Å². The standard InChI is InChI=1S/C26H32N4O/c1-20-12-14-23(15-13-20)30-25(19-24(28-30)22-10-4-3-5-11-22)26(31)27-16-8-18-29-17-7-6-9-21(29)2/h3-5,10-15,19,21H,6-9,16-18H2,1-2H3,(H,27,31). The van der Waals surface area contributed by atoms with Gasteiger partial charge in [0.2, 0.25) is 0 Å². The van der Waals surface area contributed by atoms with Gasteiger partial charge in [-0.2, -0.15) is 5.10 Å². The molecule has 4 rings (SSSR count). The van der Waals surface area contributed by atoms with Crippen molar-refractivity contribution < 1.29 is 4.79 Å². The summed E-state index contributed by atoms with van der Waals surface area (Å²) in [5, 5.41) is 7.87. The first-order chi connectivity index (χ1) is 15.1. The third-order valence-electron chi connectivity index (χ3n) is 6.14. The van der Waals surface area contributed by atoms with Crippen LogP contribution in [0, 0.1) is 6.92 Å². The molecule has 1 aliphatic rings. The third kappa shape index (κ3) is 5.23. The lowest BCUT2D eigenvalue weighted by molar-refractivity contribution is 0.0941. The summed E-state index contributed by atoms with van der Waals surface area (Å²) < 4.78 is 1.75. The molecule has 1 fully saturated rings. The van der Waals surface area contributed by atoms with E-state index in [0.29, 0.717) is 18.3 Å². The molecule has 1 unspecified atom stereocenters. The number of amides is 1. The topological polar surface area (TPSA) is 50.2 Å². The summed E-state index contributed by atoms with van der Waals surface area (Å²) in [6.07, 6.45) is 4.86. The van der Waals surface area contributed by atoms with Crippen molar-refractivity contribution in [3.05, 3.63) is 71.9 Å². The molecule has 1 aromatic heterocycles. The zero-order valence-electron chi connectivity index (χ0n) is 18.6. The number of aromatic nitrogens is 2. The van der Waals surface area contributed by atoms with Crippen molar-refractivity contribution in [1.29, 1.82) is 0 Å². The second-order valence-corrected chi connectivity index (χ2v) is 8.52. The summed E-state index contributed by atoms with van der Waals surface area (Å²) in [4.78, 5) is 15.6. The van der Waals surface area contributed by atoms with Crippen LogP contribution < -0.4 is 5.32 Å². The van der Waals surface area contributed by atoms with Crippen LogP contribution in [0.25, 0.3) is 16.9 Å². The normalized spacial score (nSPS) is 16.9. The van der Waals surface area contributed by atoms with Crippen LogP contribution in [0.15, 0.2) is 60.7 Å². The number of rotatable bonds is 7. The predicted octanol–water partition coefficient (Wildman–Crippen LogP) is 4.84. The first kappa shape index (κ1) is 21.3. The smallest absolute Gasteiger partial charge is 0.270 e. The predicted molar refractivity (Wildman–Crippen MR) is 126 cm³/mol. The maximum Gasteiger partial charge on any atom is 0.270 e. The quantitative estimate of drug-likeness (QED) is 0.561. The molecule has 2 heterocycles. The van der Waals surface area contributed by atoms with Crippen molar-refractivity contribution in [3.8, 4) is 16.9 Å². The fourth-order valence-electron chi connectivity index (χ4n) is 4.24. The van der Waals surface area contributed by atoms with Gasteiger partial charge in [0.15, 0.2) is 0 Å². The van der Waals surface area contributed by atoms with Crippen molar-refractivity contribution >= 4 is 5.91 Å².